The first-order valence-electron chi connectivity index (χ1n) is 10.2. The molecule has 1 atom stereocenters. The predicted molar refractivity (Wildman–Crippen MR) is 105 cm³/mol. The number of hydrogen-bond donors (Lipinski definition) is 2. The highest BCUT2D eigenvalue weighted by Gasteiger charge is 2.31. The number of piperidine rings is 1. The highest BCUT2D eigenvalue weighted by molar-refractivity contribution is 5.79. The molecule has 2 aliphatic rings. The molecule has 7 nitrogen and oxygen atoms in total. The molecule has 2 aromatic rings. The second kappa shape index (κ2) is 8.73. The molecule has 7 heteroatoms. The lowest BCUT2D eigenvalue weighted by Gasteiger charge is -2.36. The Hall–Kier alpha value is -2.41. The number of aromatic nitrogens is 3. The van der Waals surface area contributed by atoms with Gasteiger partial charge in [0.25, 0.3) is 0 Å². The normalized spacial score (nSPS) is 25.5. The summed E-state index contributed by atoms with van der Waals surface area (Å²) < 4.78 is 5.95. The summed E-state index contributed by atoms with van der Waals surface area (Å²) in [5, 5.41) is 16.5. The molecule has 1 aliphatic carbocycles. The van der Waals surface area contributed by atoms with Gasteiger partial charge in [-0.05, 0) is 56.7 Å². The van der Waals surface area contributed by atoms with Gasteiger partial charge in [-0.15, -0.1) is 0 Å². The molecule has 1 saturated carbocycles. The third kappa shape index (κ3) is 4.52. The van der Waals surface area contributed by atoms with Crippen molar-refractivity contribution in [3.63, 3.8) is 0 Å². The monoisotopic (exact) mass is 384 g/mol. The van der Waals surface area contributed by atoms with Crippen molar-refractivity contribution in [1.82, 2.24) is 20.1 Å². The van der Waals surface area contributed by atoms with E-state index in [4.69, 9.17) is 4.74 Å². The van der Waals surface area contributed by atoms with Crippen LogP contribution < -0.4 is 4.74 Å². The Bertz CT molecular complexity index is 754. The van der Waals surface area contributed by atoms with Crippen molar-refractivity contribution < 1.29 is 14.6 Å². The zero-order chi connectivity index (χ0) is 19.3. The van der Waals surface area contributed by atoms with Crippen LogP contribution in [0.3, 0.4) is 0 Å². The van der Waals surface area contributed by atoms with Gasteiger partial charge in [-0.2, -0.15) is 5.10 Å². The Morgan fingerprint density at radius 1 is 1.21 bits per heavy atom. The minimum Gasteiger partial charge on any atom is -0.492 e. The van der Waals surface area contributed by atoms with Crippen LogP contribution in [0.1, 0.15) is 38.5 Å². The zero-order valence-corrected chi connectivity index (χ0v) is 16.1. The molecule has 2 fully saturated rings. The first-order chi connectivity index (χ1) is 13.7. The van der Waals surface area contributed by atoms with Crippen molar-refractivity contribution in [3.05, 3.63) is 30.6 Å². The van der Waals surface area contributed by atoms with E-state index in [0.29, 0.717) is 12.5 Å². The highest BCUT2D eigenvalue weighted by atomic mass is 16.5. The van der Waals surface area contributed by atoms with Crippen molar-refractivity contribution in [2.75, 3.05) is 19.7 Å². The van der Waals surface area contributed by atoms with Crippen LogP contribution >= 0.6 is 0 Å². The number of hydrogen-bond acceptors (Lipinski definition) is 5. The van der Waals surface area contributed by atoms with Gasteiger partial charge in [-0.25, -0.2) is 0 Å². The van der Waals surface area contributed by atoms with Gasteiger partial charge < -0.3 is 14.7 Å². The first kappa shape index (κ1) is 18.9. The Morgan fingerprint density at radius 2 is 2.07 bits per heavy atom. The highest BCUT2D eigenvalue weighted by Crippen LogP contribution is 2.28. The number of aromatic amines is 1. The topological polar surface area (TPSA) is 91.3 Å². The predicted octanol–water partition coefficient (Wildman–Crippen LogP) is 2.64. The van der Waals surface area contributed by atoms with Crippen LogP contribution in [0.5, 0.6) is 5.75 Å². The number of H-pyrrole nitrogens is 1. The average molecular weight is 384 g/mol. The lowest BCUT2D eigenvalue weighted by atomic mass is 9.85. The lowest BCUT2D eigenvalue weighted by Crippen LogP contribution is -2.45. The van der Waals surface area contributed by atoms with Gasteiger partial charge in [-0.3, -0.25) is 14.9 Å². The number of aliphatic hydroxyl groups excluding tert-OH is 1. The molecule has 0 aromatic carbocycles. The molecule has 4 rings (SSSR count). The van der Waals surface area contributed by atoms with Crippen LogP contribution in [0.2, 0.25) is 0 Å². The first-order valence-corrected chi connectivity index (χ1v) is 10.2. The Balaban J connectivity index is 1.27. The van der Waals surface area contributed by atoms with E-state index in [1.807, 2.05) is 23.1 Å². The van der Waals surface area contributed by atoms with Crippen molar-refractivity contribution in [3.8, 4) is 17.1 Å². The molecule has 2 N–H and O–H groups in total. The van der Waals surface area contributed by atoms with E-state index >= 15 is 0 Å². The second-order valence-corrected chi connectivity index (χ2v) is 7.96. The van der Waals surface area contributed by atoms with Crippen LogP contribution in [0, 0.1) is 11.8 Å². The molecule has 1 amide bonds. The number of carbonyl (C=O) groups is 1. The van der Waals surface area contributed by atoms with Gasteiger partial charge in [0, 0.05) is 31.1 Å². The average Bonchev–Trinajstić information content (AvgIpc) is 3.28. The molecule has 0 spiro atoms. The molecule has 150 valence electrons. The molecule has 3 heterocycles. The smallest absolute Gasteiger partial charge is 0.225 e. The summed E-state index contributed by atoms with van der Waals surface area (Å²) >= 11 is 0. The number of ether oxygens (including phenoxy) is 1. The second-order valence-electron chi connectivity index (χ2n) is 7.96. The van der Waals surface area contributed by atoms with E-state index < -0.39 is 0 Å². The van der Waals surface area contributed by atoms with E-state index in [9.17, 15) is 9.90 Å². The fourth-order valence-electron chi connectivity index (χ4n) is 4.22. The summed E-state index contributed by atoms with van der Waals surface area (Å²) in [6.07, 6.45) is 8.43. The number of aliphatic hydroxyl groups is 1. The van der Waals surface area contributed by atoms with E-state index in [-0.39, 0.29) is 17.9 Å². The van der Waals surface area contributed by atoms with Crippen LogP contribution in [0.15, 0.2) is 30.6 Å². The number of carbonyl (C=O) groups excluding carboxylic acids is 1. The van der Waals surface area contributed by atoms with Gasteiger partial charge in [-0.1, -0.05) is 0 Å². The van der Waals surface area contributed by atoms with Crippen molar-refractivity contribution >= 4 is 5.91 Å². The van der Waals surface area contributed by atoms with Gasteiger partial charge in [0.15, 0.2) is 0 Å². The Morgan fingerprint density at radius 3 is 2.79 bits per heavy atom. The van der Waals surface area contributed by atoms with E-state index in [1.54, 1.807) is 12.4 Å². The maximum atomic E-state index is 12.8. The molecular formula is C21H28N4O3. The van der Waals surface area contributed by atoms with Crippen molar-refractivity contribution in [1.29, 1.82) is 0 Å². The quantitative estimate of drug-likeness (QED) is 0.827. The van der Waals surface area contributed by atoms with Crippen molar-refractivity contribution in [2.24, 2.45) is 11.8 Å². The van der Waals surface area contributed by atoms with Gasteiger partial charge in [0.05, 0.1) is 30.3 Å². The number of rotatable bonds is 5. The number of pyridine rings is 1. The van der Waals surface area contributed by atoms with Gasteiger partial charge in [0.2, 0.25) is 5.91 Å². The minimum atomic E-state index is -0.222. The summed E-state index contributed by atoms with van der Waals surface area (Å²) in [6.45, 7) is 2.20. The van der Waals surface area contributed by atoms with Crippen molar-refractivity contribution in [2.45, 2.75) is 44.6 Å². The standard InChI is InChI=1S/C21H28N4O3/c26-17-5-3-16(4-6-17)21(27)25-11-1-2-15(13-25)14-28-18-7-8-19(22-12-18)20-9-10-23-24-20/h7-10,12,15-17,26H,1-6,11,13-14H2,(H,23,24)/t15-,16-,17-/m1/s1. The molecule has 2 aromatic heterocycles. The SMILES string of the molecule is O=C([C@H]1CC[C@H](O)CC1)N1CCC[C@@H](COc2ccc(-c3ccn[nH]3)nc2)C1. The third-order valence-electron chi connectivity index (χ3n) is 5.88. The van der Waals surface area contributed by atoms with E-state index in [1.165, 1.54) is 0 Å². The number of amides is 1. The van der Waals surface area contributed by atoms with Gasteiger partial charge >= 0.3 is 0 Å². The summed E-state index contributed by atoms with van der Waals surface area (Å²) in [5.41, 5.74) is 1.71. The summed E-state index contributed by atoms with van der Waals surface area (Å²) in [7, 11) is 0. The summed E-state index contributed by atoms with van der Waals surface area (Å²) in [5.74, 6) is 1.44. The Labute approximate surface area is 165 Å². The van der Waals surface area contributed by atoms with Crippen LogP contribution in [-0.4, -0.2) is 56.9 Å². The minimum absolute atomic E-state index is 0.0855. The van der Waals surface area contributed by atoms with E-state index in [2.05, 4.69) is 15.2 Å². The number of nitrogens with zero attached hydrogens (tertiary/aromatic N) is 3. The summed E-state index contributed by atoms with van der Waals surface area (Å²) in [4.78, 5) is 19.2. The molecule has 1 aliphatic heterocycles. The largest absolute Gasteiger partial charge is 0.492 e. The lowest BCUT2D eigenvalue weighted by molar-refractivity contribution is -0.139. The molecule has 0 bridgehead atoms. The van der Waals surface area contributed by atoms with Gasteiger partial charge in [0.1, 0.15) is 5.75 Å². The molecule has 0 radical (unpaired) electrons. The molecule has 1 saturated heterocycles. The Kier molecular flexibility index (Phi) is 5.90. The maximum absolute atomic E-state index is 12.8. The molecule has 28 heavy (non-hydrogen) atoms. The number of nitrogens with one attached hydrogen (secondary N) is 1. The number of likely N-dealkylation sites (tertiary alicyclic amines) is 1. The molecular weight excluding hydrogens is 356 g/mol. The third-order valence-corrected chi connectivity index (χ3v) is 5.88. The fraction of sp³-hybridized carbons (Fsp3) is 0.571. The molecule has 0 unspecified atom stereocenters. The van der Waals surface area contributed by atoms with Crippen LogP contribution in [-0.2, 0) is 4.79 Å². The van der Waals surface area contributed by atoms with E-state index in [0.717, 1.165) is 68.8 Å². The maximum Gasteiger partial charge on any atom is 0.225 e. The summed E-state index contributed by atoms with van der Waals surface area (Å²) in [6, 6.07) is 5.71. The fourth-order valence-corrected chi connectivity index (χ4v) is 4.22. The van der Waals surface area contributed by atoms with Crippen LogP contribution in [0.4, 0.5) is 0 Å². The van der Waals surface area contributed by atoms with Crippen LogP contribution in [0.25, 0.3) is 11.4 Å². The zero-order valence-electron chi connectivity index (χ0n) is 16.1.